The lowest BCUT2D eigenvalue weighted by Crippen LogP contribution is -2.60. The number of allylic oxidation sites excluding steroid dienone is 1. The highest BCUT2D eigenvalue weighted by Gasteiger charge is 2.49. The summed E-state index contributed by atoms with van der Waals surface area (Å²) in [6.07, 6.45) is 8.11. The number of rotatable bonds is 20. The molecule has 3 aliphatic rings. The fourth-order valence-corrected chi connectivity index (χ4v) is 9.64. The third kappa shape index (κ3) is 11.0. The summed E-state index contributed by atoms with van der Waals surface area (Å²) in [7, 11) is 6.95. The molecule has 0 radical (unpaired) electrons. The summed E-state index contributed by atoms with van der Waals surface area (Å²) >= 11 is 0. The number of aliphatic imine (C=N–C) groups is 2. The van der Waals surface area contributed by atoms with Crippen LogP contribution < -0.4 is 10.6 Å². The molecule has 1 aliphatic carbocycles. The predicted molar refractivity (Wildman–Crippen MR) is 229 cm³/mol. The maximum atomic E-state index is 14.4. The van der Waals surface area contributed by atoms with Gasteiger partial charge in [-0.25, -0.2) is 9.98 Å². The van der Waals surface area contributed by atoms with Gasteiger partial charge < -0.3 is 29.9 Å². The number of amides is 4. The second-order valence-electron chi connectivity index (χ2n) is 17.0. The number of methoxy groups -OCH3 is 2. The number of nitrogens with one attached hydrogen (secondary N) is 2. The van der Waals surface area contributed by atoms with Crippen molar-refractivity contribution in [3.05, 3.63) is 48.2 Å². The highest BCUT2D eigenvalue weighted by atomic mass is 16.5. The summed E-state index contributed by atoms with van der Waals surface area (Å²) in [5.74, 6) is -0.697. The zero-order valence-corrected chi connectivity index (χ0v) is 36.7. The molecule has 2 N–H and O–H groups in total. The highest BCUT2D eigenvalue weighted by molar-refractivity contribution is 5.95. The maximum Gasteiger partial charge on any atom is 0.245 e. The monoisotopic (exact) mass is 806 g/mol. The van der Waals surface area contributed by atoms with Gasteiger partial charge in [0.1, 0.15) is 11.9 Å². The molecular formula is C45H71N7O6. The van der Waals surface area contributed by atoms with E-state index >= 15 is 0 Å². The molecule has 1 aromatic rings. The van der Waals surface area contributed by atoms with Crippen LogP contribution in [0, 0.1) is 23.7 Å². The van der Waals surface area contributed by atoms with Gasteiger partial charge in [-0.05, 0) is 82.5 Å². The minimum atomic E-state index is -0.720. The van der Waals surface area contributed by atoms with Crippen LogP contribution in [0.1, 0.15) is 92.1 Å². The van der Waals surface area contributed by atoms with Crippen LogP contribution in [-0.4, -0.2) is 134 Å². The van der Waals surface area contributed by atoms with Gasteiger partial charge in [-0.3, -0.25) is 24.1 Å². The van der Waals surface area contributed by atoms with Crippen LogP contribution in [0.2, 0.25) is 0 Å². The van der Waals surface area contributed by atoms with E-state index in [-0.39, 0.29) is 54.0 Å². The first kappa shape index (κ1) is 46.7. The molecule has 0 unspecified atom stereocenters. The third-order valence-corrected chi connectivity index (χ3v) is 13.1. The van der Waals surface area contributed by atoms with E-state index in [9.17, 15) is 19.2 Å². The van der Waals surface area contributed by atoms with Gasteiger partial charge in [0.2, 0.25) is 23.6 Å². The standard InChI is InChI=1S/C45H71N7O6/c1-12-23-47-42(46-7)34(25-31-18-15-14-16-19-31)48-43(54)30(6)41(58-11)35-20-17-24-52(35)37(53)27-36(57-10)39(29(5)13-2)51(9)45(56)38(28(3)4)49-44(55)40-32-21-22-33(26-32)50(40)8/h12,14-16,18-19,23,28-30,32-36,38-41H,7,13,17,20-22,24-27H2,1-6,8-11H3,(H,48,54)(H,49,55)/b23-12-,47-42-/t29-,30+,32-,33+,34-,35-,36+,38-,39-,40-,41+/m0/s1. The zero-order chi connectivity index (χ0) is 42.7. The molecule has 2 bridgehead atoms. The molecule has 13 nitrogen and oxygen atoms in total. The van der Waals surface area contributed by atoms with Crippen molar-refractivity contribution < 1.29 is 28.7 Å². The number of likely N-dealkylation sites (tertiary alicyclic amines) is 2. The average Bonchev–Trinajstić information content (AvgIpc) is 3.97. The molecule has 0 spiro atoms. The highest BCUT2D eigenvalue weighted by Crippen LogP contribution is 2.41. The van der Waals surface area contributed by atoms with Gasteiger partial charge in [0.05, 0.1) is 48.7 Å². The average molecular weight is 806 g/mol. The molecule has 4 rings (SSSR count). The first-order valence-electron chi connectivity index (χ1n) is 21.4. The smallest absolute Gasteiger partial charge is 0.245 e. The molecule has 3 fully saturated rings. The van der Waals surface area contributed by atoms with Crippen molar-refractivity contribution in [1.82, 2.24) is 25.3 Å². The Morgan fingerprint density at radius 3 is 2.31 bits per heavy atom. The number of likely N-dealkylation sites (N-methyl/N-ethyl adjacent to an activating group) is 2. The maximum absolute atomic E-state index is 14.4. The Morgan fingerprint density at radius 1 is 1.03 bits per heavy atom. The lowest BCUT2D eigenvalue weighted by molar-refractivity contribution is -0.148. The van der Waals surface area contributed by atoms with E-state index in [4.69, 9.17) is 9.47 Å². The molecule has 2 saturated heterocycles. The van der Waals surface area contributed by atoms with Crippen LogP contribution in [0.3, 0.4) is 0 Å². The minimum absolute atomic E-state index is 0.00753. The van der Waals surface area contributed by atoms with E-state index in [0.29, 0.717) is 37.2 Å². The molecule has 0 aromatic heterocycles. The number of fused-ring (bicyclic) bond motifs is 2. The number of ether oxygens (including phenoxy) is 2. The van der Waals surface area contributed by atoms with E-state index < -0.39 is 36.3 Å². The van der Waals surface area contributed by atoms with E-state index in [1.54, 1.807) is 38.4 Å². The largest absolute Gasteiger partial charge is 0.379 e. The number of piperidine rings is 1. The SMILES string of the molecule is C=N/C(=N\C=C/C)[C@H](Cc1ccccc1)NC(=O)[C@H](C)[C@@H](OC)[C@@H]1CCCN1C(=O)C[C@@H](OC)[C@H]([C@@H](C)CC)N(C)C(=O)[C@@H](NC(=O)[C@@H]1[C@H]2CC[C@H](C2)N1C)C(C)C. The fourth-order valence-electron chi connectivity index (χ4n) is 9.64. The molecular weight excluding hydrogens is 735 g/mol. The van der Waals surface area contributed by atoms with Crippen molar-refractivity contribution >= 4 is 36.2 Å². The number of benzene rings is 1. The third-order valence-electron chi connectivity index (χ3n) is 13.1. The summed E-state index contributed by atoms with van der Waals surface area (Å²) in [4.78, 5) is 70.8. The Bertz CT molecular complexity index is 1600. The summed E-state index contributed by atoms with van der Waals surface area (Å²) in [6, 6.07) is 7.99. The van der Waals surface area contributed by atoms with E-state index in [1.807, 2.05) is 70.0 Å². The van der Waals surface area contributed by atoms with E-state index in [0.717, 1.165) is 37.7 Å². The first-order valence-corrected chi connectivity index (χ1v) is 21.4. The Morgan fingerprint density at radius 2 is 1.74 bits per heavy atom. The summed E-state index contributed by atoms with van der Waals surface area (Å²) in [5, 5.41) is 6.30. The van der Waals surface area contributed by atoms with E-state index in [2.05, 4.69) is 46.1 Å². The number of carbonyl (C=O) groups excluding carboxylic acids is 4. The Balaban J connectivity index is 1.49. The van der Waals surface area contributed by atoms with Crippen molar-refractivity contribution in [2.24, 2.45) is 33.7 Å². The Hall–Kier alpha value is -3.94. The number of amidine groups is 1. The normalized spacial score (nSPS) is 24.6. The molecule has 58 heavy (non-hydrogen) atoms. The molecule has 2 aliphatic heterocycles. The molecule has 1 aromatic carbocycles. The van der Waals surface area contributed by atoms with Crippen molar-refractivity contribution in [3.63, 3.8) is 0 Å². The van der Waals surface area contributed by atoms with Gasteiger partial charge in [-0.1, -0.05) is 77.4 Å². The van der Waals surface area contributed by atoms with Crippen molar-refractivity contribution in [1.29, 1.82) is 0 Å². The quantitative estimate of drug-likeness (QED) is 0.141. The van der Waals surface area contributed by atoms with Gasteiger partial charge in [-0.15, -0.1) is 0 Å². The Labute approximate surface area is 347 Å². The van der Waals surface area contributed by atoms with Gasteiger partial charge in [0.25, 0.3) is 0 Å². The lowest BCUT2D eigenvalue weighted by atomic mass is 9.89. The zero-order valence-electron chi connectivity index (χ0n) is 36.7. The topological polar surface area (TPSA) is 145 Å². The van der Waals surface area contributed by atoms with Gasteiger partial charge in [0.15, 0.2) is 0 Å². The van der Waals surface area contributed by atoms with Gasteiger partial charge >= 0.3 is 0 Å². The fraction of sp³-hybridized carbons (Fsp3) is 0.689. The minimum Gasteiger partial charge on any atom is -0.379 e. The number of hydrogen-bond donors (Lipinski definition) is 2. The number of carbonyl (C=O) groups is 4. The number of hydrogen-bond acceptors (Lipinski definition) is 8. The molecule has 11 atom stereocenters. The van der Waals surface area contributed by atoms with Crippen LogP contribution in [0.25, 0.3) is 0 Å². The first-order chi connectivity index (χ1) is 27.7. The molecule has 1 saturated carbocycles. The summed E-state index contributed by atoms with van der Waals surface area (Å²) < 4.78 is 12.1. The second-order valence-corrected chi connectivity index (χ2v) is 17.0. The number of nitrogens with zero attached hydrogens (tertiary/aromatic N) is 5. The predicted octanol–water partition coefficient (Wildman–Crippen LogP) is 4.89. The summed E-state index contributed by atoms with van der Waals surface area (Å²) in [5.41, 5.74) is 1.01. The van der Waals surface area contributed by atoms with E-state index in [1.165, 1.54) is 0 Å². The molecule has 2 heterocycles. The molecule has 4 amide bonds. The van der Waals surface area contributed by atoms with Crippen LogP contribution in [-0.2, 0) is 35.1 Å². The van der Waals surface area contributed by atoms with Gasteiger partial charge in [0, 0.05) is 40.1 Å². The lowest BCUT2D eigenvalue weighted by Gasteiger charge is -2.41. The van der Waals surface area contributed by atoms with Crippen LogP contribution >= 0.6 is 0 Å². The van der Waals surface area contributed by atoms with Crippen molar-refractivity contribution in [3.8, 4) is 0 Å². The second kappa shape index (κ2) is 21.9. The van der Waals surface area contributed by atoms with Crippen LogP contribution in [0.5, 0.6) is 0 Å². The van der Waals surface area contributed by atoms with Gasteiger partial charge in [-0.2, -0.15) is 0 Å². The van der Waals surface area contributed by atoms with Crippen molar-refractivity contribution in [2.45, 2.75) is 141 Å². The van der Waals surface area contributed by atoms with Crippen LogP contribution in [0.15, 0.2) is 52.6 Å². The van der Waals surface area contributed by atoms with Crippen LogP contribution in [0.4, 0.5) is 0 Å². The van der Waals surface area contributed by atoms with Crippen molar-refractivity contribution in [2.75, 3.05) is 34.9 Å². The summed E-state index contributed by atoms with van der Waals surface area (Å²) in [6.45, 7) is 16.0. The Kier molecular flexibility index (Phi) is 17.6. The molecule has 322 valence electrons. The molecule has 13 heteroatoms.